The molecule has 1 fully saturated rings. The van der Waals surface area contributed by atoms with Crippen molar-refractivity contribution in [3.63, 3.8) is 0 Å². The zero-order valence-corrected chi connectivity index (χ0v) is 13.8. The number of nitrogens with one attached hydrogen (secondary N) is 1. The van der Waals surface area contributed by atoms with Gasteiger partial charge in [0.15, 0.2) is 0 Å². The maximum Gasteiger partial charge on any atom is 0.241 e. The summed E-state index contributed by atoms with van der Waals surface area (Å²) < 4.78 is 0. The lowest BCUT2D eigenvalue weighted by atomic mass is 9.92. The summed E-state index contributed by atoms with van der Waals surface area (Å²) >= 11 is 0. The van der Waals surface area contributed by atoms with E-state index < -0.39 is 0 Å². The summed E-state index contributed by atoms with van der Waals surface area (Å²) in [4.78, 5) is 14.4. The van der Waals surface area contributed by atoms with E-state index in [0.29, 0.717) is 0 Å². The predicted octanol–water partition coefficient (Wildman–Crippen LogP) is 3.18. The highest BCUT2D eigenvalue weighted by Gasteiger charge is 2.42. The minimum absolute atomic E-state index is 0.0257. The average Bonchev–Trinajstić information content (AvgIpc) is 2.76. The molecule has 0 aromatic heterocycles. The minimum Gasteiger partial charge on any atom is -0.328 e. The van der Waals surface area contributed by atoms with Gasteiger partial charge in [-0.05, 0) is 28.2 Å². The average molecular weight is 296 g/mol. The molecule has 1 aliphatic rings. The van der Waals surface area contributed by atoms with Gasteiger partial charge in [-0.2, -0.15) is 0 Å². The van der Waals surface area contributed by atoms with Crippen molar-refractivity contribution in [2.24, 2.45) is 5.41 Å². The number of amides is 1. The quantitative estimate of drug-likeness (QED) is 0.923. The number of rotatable bonds is 2. The third-order valence-corrected chi connectivity index (χ3v) is 4.52. The van der Waals surface area contributed by atoms with Gasteiger partial charge in [0.05, 0.1) is 12.2 Å². The van der Waals surface area contributed by atoms with E-state index in [9.17, 15) is 4.79 Å². The summed E-state index contributed by atoms with van der Waals surface area (Å²) in [6.45, 7) is 6.48. The highest BCUT2D eigenvalue weighted by molar-refractivity contribution is 5.88. The van der Waals surface area contributed by atoms with E-state index in [1.165, 1.54) is 16.3 Å². The molecule has 3 rings (SSSR count). The Hall–Kier alpha value is -1.87. The van der Waals surface area contributed by atoms with Crippen molar-refractivity contribution in [3.8, 4) is 0 Å². The summed E-state index contributed by atoms with van der Waals surface area (Å²) in [5.41, 5.74) is 1.25. The minimum atomic E-state index is -0.139. The molecule has 1 amide bonds. The molecule has 3 nitrogen and oxygen atoms in total. The number of fused-ring (bicyclic) bond motifs is 1. The van der Waals surface area contributed by atoms with E-state index >= 15 is 0 Å². The van der Waals surface area contributed by atoms with Gasteiger partial charge in [-0.3, -0.25) is 10.1 Å². The van der Waals surface area contributed by atoms with Crippen molar-refractivity contribution in [3.05, 3.63) is 48.0 Å². The van der Waals surface area contributed by atoms with Crippen LogP contribution in [0.4, 0.5) is 0 Å². The van der Waals surface area contributed by atoms with Crippen LogP contribution in [0.25, 0.3) is 10.8 Å². The molecule has 0 aliphatic carbocycles. The van der Waals surface area contributed by atoms with Crippen molar-refractivity contribution >= 4 is 16.7 Å². The summed E-state index contributed by atoms with van der Waals surface area (Å²) in [6, 6.07) is 14.5. The second-order valence-corrected chi connectivity index (χ2v) is 7.28. The SMILES string of the molecule is CN1C(=O)[C@@H](Cc2cccc3ccccc23)NC1C(C)(C)C. The smallest absolute Gasteiger partial charge is 0.241 e. The number of hydrogen-bond donors (Lipinski definition) is 1. The predicted molar refractivity (Wildman–Crippen MR) is 90.6 cm³/mol. The van der Waals surface area contributed by atoms with Gasteiger partial charge in [0.2, 0.25) is 5.91 Å². The third kappa shape index (κ3) is 2.61. The van der Waals surface area contributed by atoms with Gasteiger partial charge in [0, 0.05) is 7.05 Å². The maximum atomic E-state index is 12.6. The van der Waals surface area contributed by atoms with Crippen molar-refractivity contribution < 1.29 is 4.79 Å². The fourth-order valence-corrected chi connectivity index (χ4v) is 3.41. The molecule has 1 N–H and O–H groups in total. The van der Waals surface area contributed by atoms with Crippen LogP contribution in [0, 0.1) is 5.41 Å². The van der Waals surface area contributed by atoms with Crippen molar-refractivity contribution in [2.75, 3.05) is 7.05 Å². The molecule has 1 unspecified atom stereocenters. The van der Waals surface area contributed by atoms with E-state index in [4.69, 9.17) is 0 Å². The Kier molecular flexibility index (Phi) is 3.69. The van der Waals surface area contributed by atoms with Crippen LogP contribution in [-0.4, -0.2) is 30.1 Å². The van der Waals surface area contributed by atoms with Crippen LogP contribution >= 0.6 is 0 Å². The van der Waals surface area contributed by atoms with E-state index in [-0.39, 0.29) is 23.5 Å². The molecule has 0 saturated carbocycles. The molecule has 1 saturated heterocycles. The van der Waals surface area contributed by atoms with Crippen molar-refractivity contribution in [2.45, 2.75) is 39.4 Å². The monoisotopic (exact) mass is 296 g/mol. The molecule has 3 heteroatoms. The van der Waals surface area contributed by atoms with Crippen LogP contribution in [0.3, 0.4) is 0 Å². The lowest BCUT2D eigenvalue weighted by Gasteiger charge is -2.32. The molecular formula is C19H24N2O. The van der Waals surface area contributed by atoms with E-state index in [1.807, 2.05) is 11.9 Å². The lowest BCUT2D eigenvalue weighted by Crippen LogP contribution is -2.45. The van der Waals surface area contributed by atoms with Gasteiger partial charge in [-0.25, -0.2) is 0 Å². The number of nitrogens with zero attached hydrogens (tertiary/aromatic N) is 1. The number of benzene rings is 2. The van der Waals surface area contributed by atoms with Gasteiger partial charge >= 0.3 is 0 Å². The van der Waals surface area contributed by atoms with Gasteiger partial charge < -0.3 is 4.90 Å². The lowest BCUT2D eigenvalue weighted by molar-refractivity contribution is -0.129. The third-order valence-electron chi connectivity index (χ3n) is 4.52. The molecule has 1 heterocycles. The maximum absolute atomic E-state index is 12.6. The highest BCUT2D eigenvalue weighted by Crippen LogP contribution is 2.28. The van der Waals surface area contributed by atoms with E-state index in [1.54, 1.807) is 0 Å². The van der Waals surface area contributed by atoms with Crippen LogP contribution in [-0.2, 0) is 11.2 Å². The van der Waals surface area contributed by atoms with Crippen LogP contribution in [0.5, 0.6) is 0 Å². The fraction of sp³-hybridized carbons (Fsp3) is 0.421. The van der Waals surface area contributed by atoms with E-state index in [0.717, 1.165) is 6.42 Å². The van der Waals surface area contributed by atoms with Crippen LogP contribution in [0.15, 0.2) is 42.5 Å². The second-order valence-electron chi connectivity index (χ2n) is 7.28. The number of carbonyl (C=O) groups excluding carboxylic acids is 1. The van der Waals surface area contributed by atoms with Crippen LogP contribution in [0.1, 0.15) is 26.3 Å². The molecule has 0 spiro atoms. The van der Waals surface area contributed by atoms with Crippen LogP contribution < -0.4 is 5.32 Å². The Labute approximate surface area is 132 Å². The zero-order chi connectivity index (χ0) is 15.9. The van der Waals surface area contributed by atoms with Crippen LogP contribution in [0.2, 0.25) is 0 Å². The fourth-order valence-electron chi connectivity index (χ4n) is 3.41. The van der Waals surface area contributed by atoms with E-state index in [2.05, 4.69) is 68.6 Å². The first-order valence-electron chi connectivity index (χ1n) is 7.87. The van der Waals surface area contributed by atoms with Gasteiger partial charge in [0.1, 0.15) is 0 Å². The van der Waals surface area contributed by atoms with Crippen molar-refractivity contribution in [1.29, 1.82) is 0 Å². The second kappa shape index (κ2) is 5.40. The Balaban J connectivity index is 1.88. The molecule has 116 valence electrons. The summed E-state index contributed by atoms with van der Waals surface area (Å²) in [5, 5.41) is 5.99. The molecule has 0 radical (unpaired) electrons. The molecule has 2 aromatic rings. The number of likely N-dealkylation sites (N-methyl/N-ethyl adjacent to an activating group) is 1. The first kappa shape index (κ1) is 15.0. The largest absolute Gasteiger partial charge is 0.328 e. The highest BCUT2D eigenvalue weighted by atomic mass is 16.2. The first-order valence-corrected chi connectivity index (χ1v) is 7.87. The Bertz CT molecular complexity index is 697. The van der Waals surface area contributed by atoms with Gasteiger partial charge in [0.25, 0.3) is 0 Å². The molecule has 1 aliphatic heterocycles. The first-order chi connectivity index (χ1) is 10.4. The molecule has 2 atom stereocenters. The summed E-state index contributed by atoms with van der Waals surface area (Å²) in [6.07, 6.45) is 0.817. The summed E-state index contributed by atoms with van der Waals surface area (Å²) in [7, 11) is 1.90. The normalized spacial score (nSPS) is 22.5. The summed E-state index contributed by atoms with van der Waals surface area (Å²) in [5.74, 6) is 0.188. The zero-order valence-electron chi connectivity index (χ0n) is 13.8. The topological polar surface area (TPSA) is 32.3 Å². The molecule has 2 aromatic carbocycles. The molecular weight excluding hydrogens is 272 g/mol. The van der Waals surface area contributed by atoms with Gasteiger partial charge in [-0.15, -0.1) is 0 Å². The van der Waals surface area contributed by atoms with Crippen molar-refractivity contribution in [1.82, 2.24) is 10.2 Å². The Morgan fingerprint density at radius 2 is 1.77 bits per heavy atom. The van der Waals surface area contributed by atoms with Gasteiger partial charge in [-0.1, -0.05) is 63.2 Å². The number of hydrogen-bond acceptors (Lipinski definition) is 2. The Morgan fingerprint density at radius 1 is 1.09 bits per heavy atom. The number of carbonyl (C=O) groups is 1. The molecule has 22 heavy (non-hydrogen) atoms. The Morgan fingerprint density at radius 3 is 2.45 bits per heavy atom. The standard InChI is InChI=1S/C19H24N2O/c1-19(2,3)18-20-16(17(22)21(18)4)12-14-10-7-9-13-8-5-6-11-15(13)14/h5-11,16,18,20H,12H2,1-4H3/t16-,18?/m1/s1. The molecule has 0 bridgehead atoms.